The lowest BCUT2D eigenvalue weighted by Crippen LogP contribution is -2.69. The zero-order chi connectivity index (χ0) is 15.0. The molecule has 2 amide bonds. The normalized spacial score (nSPS) is 25.2. The molecule has 1 aliphatic heterocycles. The summed E-state index contributed by atoms with van der Waals surface area (Å²) >= 11 is 1.57. The summed E-state index contributed by atoms with van der Waals surface area (Å²) in [5.74, 6) is 0.0309. The molecular formula is C15H21N3O2S. The van der Waals surface area contributed by atoms with E-state index in [0.29, 0.717) is 6.54 Å². The maximum absolute atomic E-state index is 13.0. The minimum atomic E-state index is -0.660. The van der Waals surface area contributed by atoms with Gasteiger partial charge in [0.2, 0.25) is 11.8 Å². The number of hydrogen-bond acceptors (Lipinski definition) is 4. The summed E-state index contributed by atoms with van der Waals surface area (Å²) in [5, 5.41) is 5.96. The first kappa shape index (κ1) is 14.5. The van der Waals surface area contributed by atoms with Crippen LogP contribution in [0.2, 0.25) is 0 Å². The molecule has 1 saturated heterocycles. The SMILES string of the molecule is Cc1nc(CN2C(=O)C3(CCCCC3)NC(=O)C2C)cs1. The smallest absolute Gasteiger partial charge is 0.249 e. The van der Waals surface area contributed by atoms with Crippen LogP contribution < -0.4 is 5.32 Å². The second-order valence-electron chi connectivity index (χ2n) is 6.10. The molecule has 2 fully saturated rings. The Morgan fingerprint density at radius 1 is 1.38 bits per heavy atom. The first-order valence-electron chi connectivity index (χ1n) is 7.56. The van der Waals surface area contributed by atoms with Crippen molar-refractivity contribution in [2.45, 2.75) is 64.1 Å². The first-order chi connectivity index (χ1) is 10.0. The summed E-state index contributed by atoms with van der Waals surface area (Å²) in [4.78, 5) is 31.4. The number of rotatable bonds is 2. The number of aryl methyl sites for hydroxylation is 1. The highest BCUT2D eigenvalue weighted by molar-refractivity contribution is 7.09. The number of carbonyl (C=O) groups is 2. The monoisotopic (exact) mass is 307 g/mol. The van der Waals surface area contributed by atoms with Gasteiger partial charge in [0.1, 0.15) is 11.6 Å². The Morgan fingerprint density at radius 2 is 2.10 bits per heavy atom. The van der Waals surface area contributed by atoms with E-state index in [0.717, 1.165) is 42.8 Å². The summed E-state index contributed by atoms with van der Waals surface area (Å²) in [7, 11) is 0. The molecule has 6 heteroatoms. The molecule has 1 unspecified atom stereocenters. The number of thiazole rings is 1. The van der Waals surface area contributed by atoms with Gasteiger partial charge in [-0.05, 0) is 26.7 Å². The number of nitrogens with zero attached hydrogens (tertiary/aromatic N) is 2. The summed E-state index contributed by atoms with van der Waals surface area (Å²) < 4.78 is 0. The van der Waals surface area contributed by atoms with Crippen LogP contribution in [0.5, 0.6) is 0 Å². The van der Waals surface area contributed by atoms with E-state index in [1.54, 1.807) is 23.2 Å². The van der Waals surface area contributed by atoms with Gasteiger partial charge in [0.05, 0.1) is 17.2 Å². The van der Waals surface area contributed by atoms with Crippen LogP contribution in [0.3, 0.4) is 0 Å². The Labute approximate surface area is 128 Å². The molecule has 1 spiro atoms. The van der Waals surface area contributed by atoms with Gasteiger partial charge < -0.3 is 10.2 Å². The predicted molar refractivity (Wildman–Crippen MR) is 80.8 cm³/mol. The topological polar surface area (TPSA) is 62.3 Å². The highest BCUT2D eigenvalue weighted by Gasteiger charge is 2.49. The number of nitrogens with one attached hydrogen (secondary N) is 1. The van der Waals surface area contributed by atoms with Crippen LogP contribution in [0, 0.1) is 6.92 Å². The summed E-state index contributed by atoms with van der Waals surface area (Å²) in [6, 6.07) is -0.424. The van der Waals surface area contributed by atoms with Crippen LogP contribution in [-0.2, 0) is 16.1 Å². The van der Waals surface area contributed by atoms with Gasteiger partial charge in [-0.3, -0.25) is 9.59 Å². The third-order valence-electron chi connectivity index (χ3n) is 4.59. The summed E-state index contributed by atoms with van der Waals surface area (Å²) in [5.41, 5.74) is 0.214. The zero-order valence-corrected chi connectivity index (χ0v) is 13.3. The Balaban J connectivity index is 1.86. The fraction of sp³-hybridized carbons (Fsp3) is 0.667. The lowest BCUT2D eigenvalue weighted by atomic mass is 9.78. The van der Waals surface area contributed by atoms with Crippen LogP contribution in [-0.4, -0.2) is 33.3 Å². The van der Waals surface area contributed by atoms with E-state index in [9.17, 15) is 9.59 Å². The van der Waals surface area contributed by atoms with Gasteiger partial charge in [0.25, 0.3) is 0 Å². The molecule has 1 saturated carbocycles. The maximum atomic E-state index is 13.0. The van der Waals surface area contributed by atoms with E-state index in [1.807, 2.05) is 12.3 Å². The molecule has 2 heterocycles. The molecule has 114 valence electrons. The molecule has 1 aromatic heterocycles. The van der Waals surface area contributed by atoms with Crippen LogP contribution >= 0.6 is 11.3 Å². The Bertz CT molecular complexity index is 563. The quantitative estimate of drug-likeness (QED) is 0.909. The predicted octanol–water partition coefficient (Wildman–Crippen LogP) is 2.00. The Morgan fingerprint density at radius 3 is 2.71 bits per heavy atom. The third kappa shape index (κ3) is 2.57. The maximum Gasteiger partial charge on any atom is 0.249 e. The van der Waals surface area contributed by atoms with Gasteiger partial charge in [-0.15, -0.1) is 11.3 Å². The molecule has 1 N–H and O–H groups in total. The van der Waals surface area contributed by atoms with Crippen LogP contribution in [0.1, 0.15) is 49.7 Å². The van der Waals surface area contributed by atoms with E-state index < -0.39 is 11.6 Å². The van der Waals surface area contributed by atoms with Gasteiger partial charge >= 0.3 is 0 Å². The van der Waals surface area contributed by atoms with Crippen molar-refractivity contribution in [3.8, 4) is 0 Å². The van der Waals surface area contributed by atoms with E-state index in [2.05, 4.69) is 10.3 Å². The molecule has 1 aromatic rings. The molecule has 2 aliphatic rings. The van der Waals surface area contributed by atoms with Gasteiger partial charge in [0.15, 0.2) is 0 Å². The molecule has 1 atom stereocenters. The number of amides is 2. The number of hydrogen-bond donors (Lipinski definition) is 1. The van der Waals surface area contributed by atoms with E-state index in [-0.39, 0.29) is 11.8 Å². The van der Waals surface area contributed by atoms with Gasteiger partial charge in [-0.2, -0.15) is 0 Å². The van der Waals surface area contributed by atoms with E-state index in [4.69, 9.17) is 0 Å². The molecule has 0 radical (unpaired) electrons. The molecule has 1 aliphatic carbocycles. The van der Waals surface area contributed by atoms with Crippen molar-refractivity contribution in [3.63, 3.8) is 0 Å². The van der Waals surface area contributed by atoms with Crippen molar-refractivity contribution >= 4 is 23.2 Å². The Hall–Kier alpha value is -1.43. The van der Waals surface area contributed by atoms with E-state index in [1.165, 1.54) is 0 Å². The van der Waals surface area contributed by atoms with Gasteiger partial charge in [-0.1, -0.05) is 19.3 Å². The number of aromatic nitrogens is 1. The van der Waals surface area contributed by atoms with Crippen LogP contribution in [0.25, 0.3) is 0 Å². The first-order valence-corrected chi connectivity index (χ1v) is 8.44. The molecule has 3 rings (SSSR count). The van der Waals surface area contributed by atoms with Crippen molar-refractivity contribution in [3.05, 3.63) is 16.1 Å². The second-order valence-corrected chi connectivity index (χ2v) is 7.16. The number of piperazine rings is 1. The average molecular weight is 307 g/mol. The molecule has 5 nitrogen and oxygen atoms in total. The lowest BCUT2D eigenvalue weighted by molar-refractivity contribution is -0.156. The fourth-order valence-corrected chi connectivity index (χ4v) is 3.95. The van der Waals surface area contributed by atoms with Gasteiger partial charge in [-0.25, -0.2) is 4.98 Å². The molecular weight excluding hydrogens is 286 g/mol. The molecule has 0 bridgehead atoms. The minimum Gasteiger partial charge on any atom is -0.340 e. The van der Waals surface area contributed by atoms with Crippen LogP contribution in [0.4, 0.5) is 0 Å². The zero-order valence-electron chi connectivity index (χ0n) is 12.5. The standard InChI is InChI=1S/C15H21N3O2S/c1-10-13(19)17-15(6-4-3-5-7-15)14(20)18(10)8-12-9-21-11(2)16-12/h9-10H,3-8H2,1-2H3,(H,17,19). The van der Waals surface area contributed by atoms with Crippen LogP contribution in [0.15, 0.2) is 5.38 Å². The minimum absolute atomic E-state index is 0.0385. The number of carbonyl (C=O) groups excluding carboxylic acids is 2. The third-order valence-corrected chi connectivity index (χ3v) is 5.41. The lowest BCUT2D eigenvalue weighted by Gasteiger charge is -2.46. The molecule has 21 heavy (non-hydrogen) atoms. The highest BCUT2D eigenvalue weighted by Crippen LogP contribution is 2.33. The van der Waals surface area contributed by atoms with Crippen molar-refractivity contribution < 1.29 is 9.59 Å². The van der Waals surface area contributed by atoms with Crippen molar-refractivity contribution in [2.24, 2.45) is 0 Å². The molecule has 0 aromatic carbocycles. The van der Waals surface area contributed by atoms with Crippen molar-refractivity contribution in [1.29, 1.82) is 0 Å². The largest absolute Gasteiger partial charge is 0.340 e. The van der Waals surface area contributed by atoms with Gasteiger partial charge in [0, 0.05) is 5.38 Å². The highest BCUT2D eigenvalue weighted by atomic mass is 32.1. The second kappa shape index (κ2) is 5.40. The fourth-order valence-electron chi connectivity index (χ4n) is 3.34. The summed E-state index contributed by atoms with van der Waals surface area (Å²) in [6.07, 6.45) is 4.67. The summed E-state index contributed by atoms with van der Waals surface area (Å²) in [6.45, 7) is 4.17. The average Bonchev–Trinajstić information content (AvgIpc) is 2.88. The van der Waals surface area contributed by atoms with Crippen molar-refractivity contribution in [2.75, 3.05) is 0 Å². The van der Waals surface area contributed by atoms with Crippen molar-refractivity contribution in [1.82, 2.24) is 15.2 Å². The Kier molecular flexibility index (Phi) is 3.73. The van der Waals surface area contributed by atoms with E-state index >= 15 is 0 Å².